The number of amides is 1. The molecule has 0 spiro atoms. The number of piperidine rings is 1. The van der Waals surface area contributed by atoms with Crippen LogP contribution >= 0.6 is 12.4 Å². The van der Waals surface area contributed by atoms with Crippen LogP contribution in [0.1, 0.15) is 33.6 Å². The van der Waals surface area contributed by atoms with Gasteiger partial charge in [-0.25, -0.2) is 4.79 Å². The maximum atomic E-state index is 12.1. The number of nitrogens with zero attached hydrogens (tertiary/aromatic N) is 1. The van der Waals surface area contributed by atoms with E-state index in [9.17, 15) is 4.79 Å². The van der Waals surface area contributed by atoms with E-state index < -0.39 is 5.60 Å². The van der Waals surface area contributed by atoms with Gasteiger partial charge in [0.15, 0.2) is 0 Å². The molecule has 0 aliphatic carbocycles. The first kappa shape index (κ1) is 15.3. The molecule has 1 atom stereocenters. The molecule has 2 rings (SSSR count). The third kappa shape index (κ3) is 3.62. The SMILES string of the molecule is CC(C)(C)OC(=O)N1CCCC2CNCC=C21.Cl. The van der Waals surface area contributed by atoms with Crippen LogP contribution in [0.5, 0.6) is 0 Å². The lowest BCUT2D eigenvalue weighted by atomic mass is 9.92. The Labute approximate surface area is 115 Å². The number of carbonyl (C=O) groups excluding carboxylic acids is 1. The largest absolute Gasteiger partial charge is 0.443 e. The summed E-state index contributed by atoms with van der Waals surface area (Å²) in [4.78, 5) is 13.9. The van der Waals surface area contributed by atoms with Crippen molar-refractivity contribution in [2.75, 3.05) is 19.6 Å². The molecule has 18 heavy (non-hydrogen) atoms. The lowest BCUT2D eigenvalue weighted by Gasteiger charge is -2.38. The third-order valence-corrected chi connectivity index (χ3v) is 3.12. The Balaban J connectivity index is 0.00000162. The summed E-state index contributed by atoms with van der Waals surface area (Å²) in [6, 6.07) is 0. The van der Waals surface area contributed by atoms with Crippen molar-refractivity contribution in [3.05, 3.63) is 11.8 Å². The van der Waals surface area contributed by atoms with E-state index in [2.05, 4.69) is 11.4 Å². The van der Waals surface area contributed by atoms with Crippen molar-refractivity contribution in [3.8, 4) is 0 Å². The van der Waals surface area contributed by atoms with Crippen LogP contribution in [0.15, 0.2) is 11.8 Å². The lowest BCUT2D eigenvalue weighted by Crippen LogP contribution is -2.45. The first-order valence-corrected chi connectivity index (χ1v) is 6.39. The van der Waals surface area contributed by atoms with Gasteiger partial charge in [-0.15, -0.1) is 12.4 Å². The summed E-state index contributed by atoms with van der Waals surface area (Å²) in [6.07, 6.45) is 4.15. The van der Waals surface area contributed by atoms with Gasteiger partial charge < -0.3 is 10.1 Å². The van der Waals surface area contributed by atoms with Crippen molar-refractivity contribution < 1.29 is 9.53 Å². The minimum atomic E-state index is -0.419. The van der Waals surface area contributed by atoms with Crippen molar-refractivity contribution in [2.45, 2.75) is 39.2 Å². The molecule has 1 amide bonds. The molecule has 1 fully saturated rings. The molecule has 0 aromatic rings. The second-order valence-electron chi connectivity index (χ2n) is 5.76. The van der Waals surface area contributed by atoms with Gasteiger partial charge in [-0.1, -0.05) is 6.08 Å². The van der Waals surface area contributed by atoms with Crippen LogP contribution in [0.4, 0.5) is 4.79 Å². The molecule has 0 aromatic heterocycles. The van der Waals surface area contributed by atoms with Gasteiger partial charge in [0.2, 0.25) is 0 Å². The van der Waals surface area contributed by atoms with Gasteiger partial charge in [-0.2, -0.15) is 0 Å². The zero-order chi connectivity index (χ0) is 12.5. The highest BCUT2D eigenvalue weighted by Gasteiger charge is 2.32. The Hall–Kier alpha value is -0.740. The van der Waals surface area contributed by atoms with E-state index in [0.29, 0.717) is 5.92 Å². The highest BCUT2D eigenvalue weighted by molar-refractivity contribution is 5.85. The van der Waals surface area contributed by atoms with Crippen LogP contribution in [0.25, 0.3) is 0 Å². The number of rotatable bonds is 0. The van der Waals surface area contributed by atoms with Crippen LogP contribution in [-0.2, 0) is 4.74 Å². The fraction of sp³-hybridized carbons (Fsp3) is 0.769. The van der Waals surface area contributed by atoms with Crippen LogP contribution in [0.2, 0.25) is 0 Å². The standard InChI is InChI=1S/C13H22N2O2.ClH/c1-13(2,3)17-12(16)15-8-4-5-10-9-14-7-6-11(10)15;/h6,10,14H,4-5,7-9H2,1-3H3;1H. The van der Waals surface area contributed by atoms with Crippen molar-refractivity contribution in [1.29, 1.82) is 0 Å². The second kappa shape index (κ2) is 5.93. The summed E-state index contributed by atoms with van der Waals surface area (Å²) in [6.45, 7) is 8.34. The van der Waals surface area contributed by atoms with E-state index in [4.69, 9.17) is 4.74 Å². The Morgan fingerprint density at radius 1 is 1.50 bits per heavy atom. The molecule has 5 heteroatoms. The van der Waals surface area contributed by atoms with E-state index in [0.717, 1.165) is 38.2 Å². The van der Waals surface area contributed by atoms with Crippen molar-refractivity contribution in [1.82, 2.24) is 10.2 Å². The number of fused-ring (bicyclic) bond motifs is 1. The molecular formula is C13H23ClN2O2. The summed E-state index contributed by atoms with van der Waals surface area (Å²) in [5, 5.41) is 3.34. The van der Waals surface area contributed by atoms with Gasteiger partial charge in [-0.05, 0) is 33.6 Å². The predicted molar refractivity (Wildman–Crippen MR) is 73.9 cm³/mol. The molecule has 1 saturated heterocycles. The number of ether oxygens (including phenoxy) is 1. The summed E-state index contributed by atoms with van der Waals surface area (Å²) < 4.78 is 5.45. The topological polar surface area (TPSA) is 41.6 Å². The van der Waals surface area contributed by atoms with Gasteiger partial charge in [0, 0.05) is 31.2 Å². The van der Waals surface area contributed by atoms with Crippen LogP contribution in [0, 0.1) is 5.92 Å². The van der Waals surface area contributed by atoms with Gasteiger partial charge in [0.25, 0.3) is 0 Å². The zero-order valence-electron chi connectivity index (χ0n) is 11.4. The molecule has 1 N–H and O–H groups in total. The van der Waals surface area contributed by atoms with Gasteiger partial charge in [0.1, 0.15) is 5.60 Å². The second-order valence-corrected chi connectivity index (χ2v) is 5.76. The molecule has 2 heterocycles. The first-order chi connectivity index (χ1) is 7.97. The first-order valence-electron chi connectivity index (χ1n) is 6.39. The number of nitrogens with one attached hydrogen (secondary N) is 1. The zero-order valence-corrected chi connectivity index (χ0v) is 12.2. The molecule has 0 bridgehead atoms. The van der Waals surface area contributed by atoms with E-state index in [1.54, 1.807) is 0 Å². The Bertz CT molecular complexity index is 336. The highest BCUT2D eigenvalue weighted by atomic mass is 35.5. The van der Waals surface area contributed by atoms with E-state index >= 15 is 0 Å². The number of carbonyl (C=O) groups is 1. The highest BCUT2D eigenvalue weighted by Crippen LogP contribution is 2.29. The molecule has 1 unspecified atom stereocenters. The van der Waals surface area contributed by atoms with E-state index in [1.165, 1.54) is 0 Å². The summed E-state index contributed by atoms with van der Waals surface area (Å²) >= 11 is 0. The van der Waals surface area contributed by atoms with Crippen LogP contribution in [0.3, 0.4) is 0 Å². The summed E-state index contributed by atoms with van der Waals surface area (Å²) in [7, 11) is 0. The average Bonchev–Trinajstić information content (AvgIpc) is 2.26. The summed E-state index contributed by atoms with van der Waals surface area (Å²) in [5.74, 6) is 0.477. The van der Waals surface area contributed by atoms with Crippen molar-refractivity contribution >= 4 is 18.5 Å². The fourth-order valence-electron chi connectivity index (χ4n) is 2.42. The number of hydrogen-bond acceptors (Lipinski definition) is 3. The quantitative estimate of drug-likeness (QED) is 0.738. The summed E-state index contributed by atoms with van der Waals surface area (Å²) in [5.41, 5.74) is 0.738. The van der Waals surface area contributed by atoms with Gasteiger partial charge in [-0.3, -0.25) is 4.90 Å². The Kier molecular flexibility index (Phi) is 5.05. The van der Waals surface area contributed by atoms with Crippen LogP contribution in [-0.4, -0.2) is 36.2 Å². The molecule has 2 aliphatic heterocycles. The van der Waals surface area contributed by atoms with Crippen LogP contribution < -0.4 is 5.32 Å². The third-order valence-electron chi connectivity index (χ3n) is 3.12. The minimum absolute atomic E-state index is 0. The van der Waals surface area contributed by atoms with Crippen molar-refractivity contribution in [3.63, 3.8) is 0 Å². The lowest BCUT2D eigenvalue weighted by molar-refractivity contribution is 0.0255. The molecule has 0 aromatic carbocycles. The number of hydrogen-bond donors (Lipinski definition) is 1. The molecule has 0 radical (unpaired) electrons. The molecule has 2 aliphatic rings. The minimum Gasteiger partial charge on any atom is -0.443 e. The number of likely N-dealkylation sites (tertiary alicyclic amines) is 1. The maximum absolute atomic E-state index is 12.1. The smallest absolute Gasteiger partial charge is 0.414 e. The average molecular weight is 275 g/mol. The predicted octanol–water partition coefficient (Wildman–Crippen LogP) is 2.54. The fourth-order valence-corrected chi connectivity index (χ4v) is 2.42. The Morgan fingerprint density at radius 2 is 2.22 bits per heavy atom. The van der Waals surface area contributed by atoms with E-state index in [1.807, 2.05) is 25.7 Å². The normalized spacial score (nSPS) is 23.6. The molecular weight excluding hydrogens is 252 g/mol. The molecule has 4 nitrogen and oxygen atoms in total. The molecule has 104 valence electrons. The van der Waals surface area contributed by atoms with Gasteiger partial charge in [0.05, 0.1) is 0 Å². The van der Waals surface area contributed by atoms with E-state index in [-0.39, 0.29) is 18.5 Å². The Morgan fingerprint density at radius 3 is 2.89 bits per heavy atom. The molecule has 0 saturated carbocycles. The van der Waals surface area contributed by atoms with Crippen molar-refractivity contribution in [2.24, 2.45) is 5.92 Å². The maximum Gasteiger partial charge on any atom is 0.414 e. The van der Waals surface area contributed by atoms with Gasteiger partial charge >= 0.3 is 6.09 Å². The monoisotopic (exact) mass is 274 g/mol. The number of halogens is 1.